The van der Waals surface area contributed by atoms with Crippen molar-refractivity contribution >= 4 is 11.9 Å². The lowest BCUT2D eigenvalue weighted by molar-refractivity contribution is 0.221. The summed E-state index contributed by atoms with van der Waals surface area (Å²) in [6.45, 7) is 4.69. The number of nitrogens with two attached hydrogens (primary N) is 1. The fraction of sp³-hybridized carbons (Fsp3) is 0.727. The van der Waals surface area contributed by atoms with Crippen LogP contribution in [-0.2, 0) is 0 Å². The number of hydrogen-bond donors (Lipinski definition) is 2. The van der Waals surface area contributed by atoms with Crippen molar-refractivity contribution in [3.63, 3.8) is 0 Å². The zero-order chi connectivity index (χ0) is 13.1. The van der Waals surface area contributed by atoms with Crippen LogP contribution in [0.15, 0.2) is 0 Å². The van der Waals surface area contributed by atoms with Gasteiger partial charge in [-0.25, -0.2) is 0 Å². The molecular weight excluding hydrogens is 234 g/mol. The lowest BCUT2D eigenvalue weighted by atomic mass is 10.2. The van der Waals surface area contributed by atoms with Crippen LogP contribution in [0, 0.1) is 0 Å². The second kappa shape index (κ2) is 5.34. The molecule has 0 aromatic carbocycles. The Morgan fingerprint density at radius 3 is 2.89 bits per heavy atom. The van der Waals surface area contributed by atoms with E-state index in [1.54, 1.807) is 0 Å². The molecule has 0 bridgehead atoms. The van der Waals surface area contributed by atoms with Gasteiger partial charge in [0, 0.05) is 6.54 Å². The molecule has 18 heavy (non-hydrogen) atoms. The van der Waals surface area contributed by atoms with E-state index in [2.05, 4.69) is 15.0 Å². The number of rotatable bonds is 4. The fourth-order valence-corrected chi connectivity index (χ4v) is 2.04. The number of aliphatic hydroxyl groups excluding tert-OH is 1. The van der Waals surface area contributed by atoms with Crippen LogP contribution in [0.3, 0.4) is 0 Å². The fourth-order valence-electron chi connectivity index (χ4n) is 2.04. The van der Waals surface area contributed by atoms with Gasteiger partial charge in [-0.2, -0.15) is 15.0 Å². The molecule has 100 valence electrons. The number of aromatic nitrogens is 3. The molecule has 1 aromatic heterocycles. The summed E-state index contributed by atoms with van der Waals surface area (Å²) in [6.07, 6.45) is 1.92. The molecule has 1 aliphatic rings. The SMILES string of the molecule is CC(C)Oc1nc(N)nc(N2CCCC2CO)n1. The summed E-state index contributed by atoms with van der Waals surface area (Å²) in [7, 11) is 0. The summed E-state index contributed by atoms with van der Waals surface area (Å²) in [4.78, 5) is 14.2. The maximum atomic E-state index is 9.31. The Kier molecular flexibility index (Phi) is 3.81. The molecule has 1 fully saturated rings. The average Bonchev–Trinajstić information content (AvgIpc) is 2.75. The van der Waals surface area contributed by atoms with Gasteiger partial charge in [0.1, 0.15) is 0 Å². The summed E-state index contributed by atoms with van der Waals surface area (Å²) in [5.41, 5.74) is 5.66. The lowest BCUT2D eigenvalue weighted by Gasteiger charge is -2.23. The zero-order valence-electron chi connectivity index (χ0n) is 10.7. The molecule has 0 amide bonds. The minimum atomic E-state index is -0.0214. The minimum Gasteiger partial charge on any atom is -0.461 e. The molecule has 1 aromatic rings. The van der Waals surface area contributed by atoms with Crippen LogP contribution in [0.2, 0.25) is 0 Å². The molecule has 7 nitrogen and oxygen atoms in total. The molecular formula is C11H19N5O2. The van der Waals surface area contributed by atoms with E-state index < -0.39 is 0 Å². The van der Waals surface area contributed by atoms with Gasteiger partial charge in [-0.3, -0.25) is 0 Å². The molecule has 0 saturated carbocycles. The molecule has 1 atom stereocenters. The summed E-state index contributed by atoms with van der Waals surface area (Å²) >= 11 is 0. The van der Waals surface area contributed by atoms with Gasteiger partial charge < -0.3 is 20.5 Å². The first-order valence-corrected chi connectivity index (χ1v) is 6.16. The van der Waals surface area contributed by atoms with Crippen LogP contribution < -0.4 is 15.4 Å². The molecule has 3 N–H and O–H groups in total. The molecule has 2 heterocycles. The third kappa shape index (κ3) is 2.79. The molecule has 2 rings (SSSR count). The Morgan fingerprint density at radius 1 is 1.44 bits per heavy atom. The van der Waals surface area contributed by atoms with Crippen molar-refractivity contribution in [3.05, 3.63) is 0 Å². The second-order valence-corrected chi connectivity index (χ2v) is 4.61. The van der Waals surface area contributed by atoms with Crippen LogP contribution in [0.4, 0.5) is 11.9 Å². The van der Waals surface area contributed by atoms with Crippen LogP contribution >= 0.6 is 0 Å². The lowest BCUT2D eigenvalue weighted by Crippen LogP contribution is -2.33. The molecule has 0 aliphatic carbocycles. The van der Waals surface area contributed by atoms with Gasteiger partial charge in [-0.15, -0.1) is 0 Å². The van der Waals surface area contributed by atoms with Crippen molar-refractivity contribution in [2.24, 2.45) is 0 Å². The monoisotopic (exact) mass is 253 g/mol. The number of nitrogens with zero attached hydrogens (tertiary/aromatic N) is 4. The third-order valence-corrected chi connectivity index (χ3v) is 2.81. The van der Waals surface area contributed by atoms with E-state index in [0.717, 1.165) is 19.4 Å². The van der Waals surface area contributed by atoms with E-state index in [1.807, 2.05) is 18.7 Å². The summed E-state index contributed by atoms with van der Waals surface area (Å²) in [5, 5.41) is 9.31. The van der Waals surface area contributed by atoms with E-state index in [4.69, 9.17) is 10.5 Å². The second-order valence-electron chi connectivity index (χ2n) is 4.61. The topological polar surface area (TPSA) is 97.4 Å². The predicted molar refractivity (Wildman–Crippen MR) is 67.5 cm³/mol. The average molecular weight is 253 g/mol. The van der Waals surface area contributed by atoms with Crippen molar-refractivity contribution < 1.29 is 9.84 Å². The highest BCUT2D eigenvalue weighted by Crippen LogP contribution is 2.23. The maximum Gasteiger partial charge on any atom is 0.323 e. The molecule has 7 heteroatoms. The van der Waals surface area contributed by atoms with Crippen LogP contribution in [0.1, 0.15) is 26.7 Å². The molecule has 1 unspecified atom stereocenters. The molecule has 1 saturated heterocycles. The number of aliphatic hydroxyl groups is 1. The number of hydrogen-bond acceptors (Lipinski definition) is 7. The Bertz CT molecular complexity index is 412. The van der Waals surface area contributed by atoms with Crippen LogP contribution in [0.5, 0.6) is 6.01 Å². The van der Waals surface area contributed by atoms with E-state index in [-0.39, 0.29) is 30.7 Å². The largest absolute Gasteiger partial charge is 0.461 e. The Labute approximate surface area is 106 Å². The highest BCUT2D eigenvalue weighted by Gasteiger charge is 2.27. The van der Waals surface area contributed by atoms with Crippen LogP contribution in [0.25, 0.3) is 0 Å². The Balaban J connectivity index is 2.24. The first kappa shape index (κ1) is 12.8. The van der Waals surface area contributed by atoms with Crippen molar-refractivity contribution in [1.29, 1.82) is 0 Å². The molecule has 1 aliphatic heterocycles. The van der Waals surface area contributed by atoms with Gasteiger partial charge in [0.05, 0.1) is 18.8 Å². The summed E-state index contributed by atoms with van der Waals surface area (Å²) < 4.78 is 5.43. The highest BCUT2D eigenvalue weighted by atomic mass is 16.5. The Morgan fingerprint density at radius 2 is 2.22 bits per heavy atom. The van der Waals surface area contributed by atoms with E-state index >= 15 is 0 Å². The van der Waals surface area contributed by atoms with Gasteiger partial charge in [0.15, 0.2) is 0 Å². The maximum absolute atomic E-state index is 9.31. The van der Waals surface area contributed by atoms with Crippen molar-refractivity contribution in [3.8, 4) is 6.01 Å². The summed E-state index contributed by atoms with van der Waals surface area (Å²) in [6, 6.07) is 0.287. The quantitative estimate of drug-likeness (QED) is 0.791. The van der Waals surface area contributed by atoms with Gasteiger partial charge in [0.2, 0.25) is 11.9 Å². The number of anilines is 2. The van der Waals surface area contributed by atoms with E-state index in [9.17, 15) is 5.11 Å². The molecule has 0 spiro atoms. The van der Waals surface area contributed by atoms with Gasteiger partial charge in [-0.05, 0) is 26.7 Å². The van der Waals surface area contributed by atoms with E-state index in [0.29, 0.717) is 5.95 Å². The zero-order valence-corrected chi connectivity index (χ0v) is 10.7. The predicted octanol–water partition coefficient (Wildman–Crippen LogP) is 0.202. The third-order valence-electron chi connectivity index (χ3n) is 2.81. The number of nitrogen functional groups attached to an aromatic ring is 1. The van der Waals surface area contributed by atoms with Gasteiger partial charge in [-0.1, -0.05) is 0 Å². The number of ether oxygens (including phenoxy) is 1. The van der Waals surface area contributed by atoms with Crippen molar-refractivity contribution in [2.45, 2.75) is 38.8 Å². The minimum absolute atomic E-state index is 0.0214. The first-order valence-electron chi connectivity index (χ1n) is 6.16. The smallest absolute Gasteiger partial charge is 0.323 e. The molecule has 0 radical (unpaired) electrons. The first-order chi connectivity index (χ1) is 8.60. The van der Waals surface area contributed by atoms with Gasteiger partial charge in [0.25, 0.3) is 0 Å². The highest BCUT2D eigenvalue weighted by molar-refractivity contribution is 5.38. The van der Waals surface area contributed by atoms with E-state index in [1.165, 1.54) is 0 Å². The van der Waals surface area contributed by atoms with Crippen molar-refractivity contribution in [2.75, 3.05) is 23.8 Å². The summed E-state index contributed by atoms with van der Waals surface area (Å²) in [5.74, 6) is 0.619. The standard InChI is InChI=1S/C11H19N5O2/c1-7(2)18-11-14-9(12)13-10(15-11)16-5-3-4-8(16)6-17/h7-8,17H,3-6H2,1-2H3,(H2,12,13,14,15). The Hall–Kier alpha value is -1.63. The van der Waals surface area contributed by atoms with Crippen LogP contribution in [-0.4, -0.2) is 45.4 Å². The van der Waals surface area contributed by atoms with Crippen molar-refractivity contribution in [1.82, 2.24) is 15.0 Å². The normalized spacial score (nSPS) is 19.6. The van der Waals surface area contributed by atoms with Gasteiger partial charge >= 0.3 is 6.01 Å².